The van der Waals surface area contributed by atoms with Gasteiger partial charge in [0.2, 0.25) is 0 Å². The Kier molecular flexibility index (Phi) is 4.76. The van der Waals surface area contributed by atoms with E-state index < -0.39 is 0 Å². The maximum atomic E-state index is 12.3. The van der Waals surface area contributed by atoms with Crippen molar-refractivity contribution in [3.63, 3.8) is 0 Å². The monoisotopic (exact) mass is 248 g/mol. The fourth-order valence-corrected chi connectivity index (χ4v) is 2.15. The highest BCUT2D eigenvalue weighted by molar-refractivity contribution is 5.98. The molecule has 0 saturated carbocycles. The van der Waals surface area contributed by atoms with Crippen LogP contribution >= 0.6 is 0 Å². The van der Waals surface area contributed by atoms with Gasteiger partial charge in [-0.25, -0.2) is 0 Å². The summed E-state index contributed by atoms with van der Waals surface area (Å²) in [7, 11) is 0. The lowest BCUT2D eigenvalue weighted by Gasteiger charge is -2.21. The SMILES string of the molecule is CCCOc1cccc(C(=O)C2CCOCC2)c1. The summed E-state index contributed by atoms with van der Waals surface area (Å²) in [4.78, 5) is 12.3. The Morgan fingerprint density at radius 2 is 2.17 bits per heavy atom. The number of benzene rings is 1. The molecule has 0 N–H and O–H groups in total. The molecule has 0 spiro atoms. The first-order valence-corrected chi connectivity index (χ1v) is 6.66. The van der Waals surface area contributed by atoms with Crippen molar-refractivity contribution < 1.29 is 14.3 Å². The van der Waals surface area contributed by atoms with Gasteiger partial charge >= 0.3 is 0 Å². The zero-order valence-electron chi connectivity index (χ0n) is 10.9. The highest BCUT2D eigenvalue weighted by Crippen LogP contribution is 2.22. The molecule has 0 bridgehead atoms. The second-order valence-electron chi connectivity index (χ2n) is 4.63. The number of carbonyl (C=O) groups excluding carboxylic acids is 1. The second-order valence-corrected chi connectivity index (χ2v) is 4.63. The highest BCUT2D eigenvalue weighted by Gasteiger charge is 2.22. The molecular weight excluding hydrogens is 228 g/mol. The predicted octanol–water partition coefficient (Wildman–Crippen LogP) is 3.08. The molecular formula is C15H20O3. The van der Waals surface area contributed by atoms with Crippen molar-refractivity contribution in [2.24, 2.45) is 5.92 Å². The summed E-state index contributed by atoms with van der Waals surface area (Å²) in [5, 5.41) is 0. The number of hydrogen-bond acceptors (Lipinski definition) is 3. The Hall–Kier alpha value is -1.35. The first-order chi connectivity index (χ1) is 8.81. The molecule has 1 aromatic rings. The van der Waals surface area contributed by atoms with Crippen LogP contribution in [0.1, 0.15) is 36.5 Å². The van der Waals surface area contributed by atoms with E-state index in [-0.39, 0.29) is 11.7 Å². The van der Waals surface area contributed by atoms with Crippen molar-refractivity contribution in [3.8, 4) is 5.75 Å². The first kappa shape index (κ1) is 13.1. The minimum absolute atomic E-state index is 0.111. The number of carbonyl (C=O) groups is 1. The van der Waals surface area contributed by atoms with E-state index in [2.05, 4.69) is 6.92 Å². The fraction of sp³-hybridized carbons (Fsp3) is 0.533. The van der Waals surface area contributed by atoms with Gasteiger partial charge in [-0.1, -0.05) is 19.1 Å². The van der Waals surface area contributed by atoms with Gasteiger partial charge in [-0.15, -0.1) is 0 Å². The minimum atomic E-state index is 0.111. The van der Waals surface area contributed by atoms with Crippen LogP contribution in [0.4, 0.5) is 0 Å². The van der Waals surface area contributed by atoms with Crippen molar-refractivity contribution in [1.29, 1.82) is 0 Å². The Morgan fingerprint density at radius 3 is 2.89 bits per heavy atom. The molecule has 0 aliphatic carbocycles. The number of Topliss-reactive ketones (excluding diaryl/α,β-unsaturated/α-hetero) is 1. The summed E-state index contributed by atoms with van der Waals surface area (Å²) in [6.45, 7) is 4.15. The lowest BCUT2D eigenvalue weighted by atomic mass is 9.91. The molecule has 0 radical (unpaired) electrons. The lowest BCUT2D eigenvalue weighted by molar-refractivity contribution is 0.0544. The molecule has 2 rings (SSSR count). The maximum Gasteiger partial charge on any atom is 0.166 e. The van der Waals surface area contributed by atoms with E-state index in [0.717, 1.165) is 30.6 Å². The number of rotatable bonds is 5. The van der Waals surface area contributed by atoms with Crippen LogP contribution in [0.25, 0.3) is 0 Å². The normalized spacial score (nSPS) is 16.5. The molecule has 0 unspecified atom stereocenters. The van der Waals surface area contributed by atoms with E-state index in [0.29, 0.717) is 19.8 Å². The van der Waals surface area contributed by atoms with E-state index in [1.54, 1.807) is 0 Å². The molecule has 1 aliphatic rings. The van der Waals surface area contributed by atoms with Crippen molar-refractivity contribution in [2.75, 3.05) is 19.8 Å². The molecule has 18 heavy (non-hydrogen) atoms. The molecule has 3 nitrogen and oxygen atoms in total. The van der Waals surface area contributed by atoms with Gasteiger partial charge in [0.25, 0.3) is 0 Å². The molecule has 0 atom stereocenters. The Labute approximate surface area is 108 Å². The number of ketones is 1. The van der Waals surface area contributed by atoms with Crippen LogP contribution < -0.4 is 4.74 Å². The van der Waals surface area contributed by atoms with Crippen LogP contribution in [0.3, 0.4) is 0 Å². The summed E-state index contributed by atoms with van der Waals surface area (Å²) in [5.74, 6) is 1.12. The smallest absolute Gasteiger partial charge is 0.166 e. The van der Waals surface area contributed by atoms with Crippen LogP contribution in [0.5, 0.6) is 5.75 Å². The molecule has 0 aromatic heterocycles. The van der Waals surface area contributed by atoms with Crippen molar-refractivity contribution in [1.82, 2.24) is 0 Å². The molecule has 0 amide bonds. The zero-order valence-corrected chi connectivity index (χ0v) is 10.9. The van der Waals surface area contributed by atoms with Crippen LogP contribution in [-0.4, -0.2) is 25.6 Å². The molecule has 3 heteroatoms. The Balaban J connectivity index is 2.04. The average molecular weight is 248 g/mol. The van der Waals surface area contributed by atoms with Gasteiger partial charge in [0, 0.05) is 24.7 Å². The molecule has 1 aromatic carbocycles. The van der Waals surface area contributed by atoms with Gasteiger partial charge in [-0.05, 0) is 31.4 Å². The topological polar surface area (TPSA) is 35.5 Å². The van der Waals surface area contributed by atoms with Crippen LogP contribution in [0, 0.1) is 5.92 Å². The van der Waals surface area contributed by atoms with Gasteiger partial charge in [0.1, 0.15) is 5.75 Å². The summed E-state index contributed by atoms with van der Waals surface area (Å²) >= 11 is 0. The summed E-state index contributed by atoms with van der Waals surface area (Å²) in [6.07, 6.45) is 2.63. The van der Waals surface area contributed by atoms with Gasteiger partial charge < -0.3 is 9.47 Å². The minimum Gasteiger partial charge on any atom is -0.494 e. The summed E-state index contributed by atoms with van der Waals surface area (Å²) in [5.41, 5.74) is 0.760. The van der Waals surface area contributed by atoms with Crippen LogP contribution in [0.2, 0.25) is 0 Å². The maximum absolute atomic E-state index is 12.3. The molecule has 1 fully saturated rings. The molecule has 1 heterocycles. The Morgan fingerprint density at radius 1 is 1.39 bits per heavy atom. The van der Waals surface area contributed by atoms with Gasteiger partial charge in [0.15, 0.2) is 5.78 Å². The third-order valence-corrected chi connectivity index (χ3v) is 3.18. The predicted molar refractivity (Wildman–Crippen MR) is 70.1 cm³/mol. The largest absolute Gasteiger partial charge is 0.494 e. The first-order valence-electron chi connectivity index (χ1n) is 6.66. The zero-order chi connectivity index (χ0) is 12.8. The summed E-state index contributed by atoms with van der Waals surface area (Å²) in [6, 6.07) is 7.51. The van der Waals surface area contributed by atoms with Gasteiger partial charge in [-0.3, -0.25) is 4.79 Å². The molecule has 1 aliphatic heterocycles. The van der Waals surface area contributed by atoms with Gasteiger partial charge in [0.05, 0.1) is 6.61 Å². The number of hydrogen-bond donors (Lipinski definition) is 0. The van der Waals surface area contributed by atoms with E-state index >= 15 is 0 Å². The van der Waals surface area contributed by atoms with Crippen molar-refractivity contribution >= 4 is 5.78 Å². The Bertz CT molecular complexity index is 394. The average Bonchev–Trinajstić information content (AvgIpc) is 2.45. The number of ether oxygens (including phenoxy) is 2. The molecule has 1 saturated heterocycles. The van der Waals surface area contributed by atoms with Crippen LogP contribution in [0.15, 0.2) is 24.3 Å². The van der Waals surface area contributed by atoms with Crippen molar-refractivity contribution in [3.05, 3.63) is 29.8 Å². The fourth-order valence-electron chi connectivity index (χ4n) is 2.15. The van der Waals surface area contributed by atoms with E-state index in [1.165, 1.54) is 0 Å². The standard InChI is InChI=1S/C15H20O3/c1-2-8-18-14-5-3-4-13(11-14)15(16)12-6-9-17-10-7-12/h3-5,11-12H,2,6-10H2,1H3. The summed E-state index contributed by atoms with van der Waals surface area (Å²) < 4.78 is 10.8. The highest BCUT2D eigenvalue weighted by atomic mass is 16.5. The van der Waals surface area contributed by atoms with Crippen molar-refractivity contribution in [2.45, 2.75) is 26.2 Å². The third kappa shape index (κ3) is 3.33. The van der Waals surface area contributed by atoms with Crippen LogP contribution in [-0.2, 0) is 4.74 Å². The van der Waals surface area contributed by atoms with E-state index in [1.807, 2.05) is 24.3 Å². The van der Waals surface area contributed by atoms with E-state index in [4.69, 9.17) is 9.47 Å². The quantitative estimate of drug-likeness (QED) is 0.751. The van der Waals surface area contributed by atoms with Gasteiger partial charge in [-0.2, -0.15) is 0 Å². The second kappa shape index (κ2) is 6.55. The lowest BCUT2D eigenvalue weighted by Crippen LogP contribution is -2.23. The molecule has 98 valence electrons. The van der Waals surface area contributed by atoms with E-state index in [9.17, 15) is 4.79 Å². The third-order valence-electron chi connectivity index (χ3n) is 3.18.